The smallest absolute Gasteiger partial charge is 0.310 e. The highest BCUT2D eigenvalue weighted by Crippen LogP contribution is 2.41. The van der Waals surface area contributed by atoms with Gasteiger partial charge in [0.25, 0.3) is 0 Å². The minimum absolute atomic E-state index is 0.0775. The van der Waals surface area contributed by atoms with Gasteiger partial charge in [0.15, 0.2) is 0 Å². The predicted octanol–water partition coefficient (Wildman–Crippen LogP) is 0.416. The average Bonchev–Trinajstić information content (AvgIpc) is 2.54. The van der Waals surface area contributed by atoms with E-state index in [1.54, 1.807) is 11.9 Å². The Labute approximate surface area is 83.2 Å². The van der Waals surface area contributed by atoms with E-state index in [4.69, 9.17) is 4.74 Å². The van der Waals surface area contributed by atoms with Crippen molar-refractivity contribution in [3.05, 3.63) is 0 Å². The van der Waals surface area contributed by atoms with E-state index < -0.39 is 0 Å². The molecule has 78 valence electrons. The van der Waals surface area contributed by atoms with Gasteiger partial charge in [-0.25, -0.2) is 0 Å². The fourth-order valence-corrected chi connectivity index (χ4v) is 2.69. The predicted molar refractivity (Wildman–Crippen MR) is 49.4 cm³/mol. The van der Waals surface area contributed by atoms with Crippen molar-refractivity contribution < 1.29 is 14.3 Å². The van der Waals surface area contributed by atoms with Crippen LogP contribution in [0.4, 0.5) is 0 Å². The number of carbonyl (C=O) groups excluding carboxylic acids is 2. The summed E-state index contributed by atoms with van der Waals surface area (Å²) in [7, 11) is 3.19. The molecule has 0 aromatic heterocycles. The van der Waals surface area contributed by atoms with Gasteiger partial charge in [-0.2, -0.15) is 0 Å². The highest BCUT2D eigenvalue weighted by molar-refractivity contribution is 5.81. The van der Waals surface area contributed by atoms with Crippen molar-refractivity contribution >= 4 is 11.9 Å². The number of esters is 1. The van der Waals surface area contributed by atoms with Crippen molar-refractivity contribution in [2.45, 2.75) is 25.3 Å². The Kier molecular flexibility index (Phi) is 2.21. The van der Waals surface area contributed by atoms with Gasteiger partial charge in [-0.15, -0.1) is 0 Å². The van der Waals surface area contributed by atoms with Crippen LogP contribution < -0.4 is 0 Å². The lowest BCUT2D eigenvalue weighted by atomic mass is 9.99. The van der Waals surface area contributed by atoms with E-state index >= 15 is 0 Å². The third-order valence-electron chi connectivity index (χ3n) is 3.48. The van der Waals surface area contributed by atoms with Crippen LogP contribution in [0.2, 0.25) is 0 Å². The highest BCUT2D eigenvalue weighted by atomic mass is 16.5. The highest BCUT2D eigenvalue weighted by Gasteiger charge is 2.46. The van der Waals surface area contributed by atoms with E-state index in [0.29, 0.717) is 12.3 Å². The number of hydrogen-bond acceptors (Lipinski definition) is 3. The molecule has 1 saturated heterocycles. The first-order chi connectivity index (χ1) is 6.63. The van der Waals surface area contributed by atoms with Gasteiger partial charge in [0.2, 0.25) is 5.91 Å². The van der Waals surface area contributed by atoms with Gasteiger partial charge in [0, 0.05) is 19.5 Å². The van der Waals surface area contributed by atoms with Crippen LogP contribution in [0.5, 0.6) is 0 Å². The normalized spacial score (nSPS) is 36.0. The molecule has 2 fully saturated rings. The molecule has 2 bridgehead atoms. The summed E-state index contributed by atoms with van der Waals surface area (Å²) in [6.45, 7) is 0. The van der Waals surface area contributed by atoms with Gasteiger partial charge in [-0.3, -0.25) is 9.59 Å². The fourth-order valence-electron chi connectivity index (χ4n) is 2.69. The topological polar surface area (TPSA) is 46.6 Å². The molecule has 0 aromatic rings. The number of rotatable bonds is 1. The maximum absolute atomic E-state index is 11.5. The van der Waals surface area contributed by atoms with Gasteiger partial charge in [-0.1, -0.05) is 0 Å². The Balaban J connectivity index is 2.17. The molecule has 1 amide bonds. The molecule has 3 atom stereocenters. The van der Waals surface area contributed by atoms with E-state index in [1.807, 2.05) is 0 Å². The number of nitrogens with zero attached hydrogens (tertiary/aromatic N) is 1. The second-order valence-corrected chi connectivity index (χ2v) is 4.24. The van der Waals surface area contributed by atoms with E-state index in [0.717, 1.165) is 12.8 Å². The lowest BCUT2D eigenvalue weighted by Crippen LogP contribution is -2.43. The standard InChI is InChI=1S/C10H15NO3/c1-11-8-4-6(5-9(11)12)3-7(8)10(13)14-2/h6-8H,3-5H2,1-2H3/t6-,7-,8-/m0/s1. The molecule has 4 heteroatoms. The summed E-state index contributed by atoms with van der Waals surface area (Å²) >= 11 is 0. The van der Waals surface area contributed by atoms with Crippen molar-refractivity contribution in [2.75, 3.05) is 14.2 Å². The summed E-state index contributed by atoms with van der Waals surface area (Å²) in [5, 5.41) is 0. The number of piperidine rings is 1. The lowest BCUT2D eigenvalue weighted by molar-refractivity contribution is -0.148. The van der Waals surface area contributed by atoms with E-state index in [9.17, 15) is 9.59 Å². The Hall–Kier alpha value is -1.06. The van der Waals surface area contributed by atoms with E-state index in [1.165, 1.54) is 7.11 Å². The summed E-state index contributed by atoms with van der Waals surface area (Å²) in [6.07, 6.45) is 2.37. The Morgan fingerprint density at radius 1 is 1.50 bits per heavy atom. The lowest BCUT2D eigenvalue weighted by Gasteiger charge is -2.31. The van der Waals surface area contributed by atoms with Crippen molar-refractivity contribution in [3.63, 3.8) is 0 Å². The van der Waals surface area contributed by atoms with E-state index in [2.05, 4.69) is 0 Å². The Morgan fingerprint density at radius 2 is 2.21 bits per heavy atom. The molecular formula is C10H15NO3. The first kappa shape index (κ1) is 9.49. The third kappa shape index (κ3) is 1.29. The molecule has 4 nitrogen and oxygen atoms in total. The van der Waals surface area contributed by atoms with Crippen LogP contribution in [0, 0.1) is 11.8 Å². The summed E-state index contributed by atoms with van der Waals surface area (Å²) in [5.41, 5.74) is 0. The number of fused-ring (bicyclic) bond motifs is 2. The molecule has 0 unspecified atom stereocenters. The maximum Gasteiger partial charge on any atom is 0.310 e. The van der Waals surface area contributed by atoms with Crippen LogP contribution in [-0.4, -0.2) is 37.0 Å². The monoisotopic (exact) mass is 197 g/mol. The molecule has 1 heterocycles. The minimum Gasteiger partial charge on any atom is -0.469 e. The summed E-state index contributed by atoms with van der Waals surface area (Å²) in [4.78, 5) is 24.6. The molecular weight excluding hydrogens is 182 g/mol. The van der Waals surface area contributed by atoms with Gasteiger partial charge >= 0.3 is 5.97 Å². The van der Waals surface area contributed by atoms with Crippen LogP contribution in [0.3, 0.4) is 0 Å². The average molecular weight is 197 g/mol. The Morgan fingerprint density at radius 3 is 2.86 bits per heavy atom. The molecule has 1 aliphatic carbocycles. The van der Waals surface area contributed by atoms with Crippen LogP contribution in [-0.2, 0) is 14.3 Å². The first-order valence-corrected chi connectivity index (χ1v) is 4.97. The number of carbonyl (C=O) groups is 2. The SMILES string of the molecule is COC(=O)[C@H]1C[C@@H]2CC(=O)N(C)[C@H]1C2. The van der Waals surface area contributed by atoms with Crippen LogP contribution in [0.25, 0.3) is 0 Å². The minimum atomic E-state index is -0.168. The van der Waals surface area contributed by atoms with Crippen molar-refractivity contribution in [2.24, 2.45) is 11.8 Å². The fraction of sp³-hybridized carbons (Fsp3) is 0.800. The molecule has 0 spiro atoms. The summed E-state index contributed by atoms with van der Waals surface area (Å²) in [5.74, 6) is 0.297. The quantitative estimate of drug-likeness (QED) is 0.572. The second-order valence-electron chi connectivity index (χ2n) is 4.24. The molecule has 1 saturated carbocycles. The van der Waals surface area contributed by atoms with Gasteiger partial charge in [0.05, 0.1) is 13.0 Å². The van der Waals surface area contributed by atoms with Gasteiger partial charge in [-0.05, 0) is 18.8 Å². The zero-order valence-corrected chi connectivity index (χ0v) is 8.53. The molecule has 14 heavy (non-hydrogen) atoms. The van der Waals surface area contributed by atoms with Crippen molar-refractivity contribution in [3.8, 4) is 0 Å². The molecule has 0 aromatic carbocycles. The van der Waals surface area contributed by atoms with E-state index in [-0.39, 0.29) is 23.8 Å². The number of ether oxygens (including phenoxy) is 1. The summed E-state index contributed by atoms with van der Waals surface area (Å²) < 4.78 is 4.75. The van der Waals surface area contributed by atoms with Crippen LogP contribution in [0.15, 0.2) is 0 Å². The molecule has 1 aliphatic heterocycles. The molecule has 0 radical (unpaired) electrons. The van der Waals surface area contributed by atoms with Gasteiger partial charge in [0.1, 0.15) is 0 Å². The maximum atomic E-state index is 11.5. The number of amides is 1. The zero-order chi connectivity index (χ0) is 10.3. The van der Waals surface area contributed by atoms with Gasteiger partial charge < -0.3 is 9.64 Å². The molecule has 0 N–H and O–H groups in total. The van der Waals surface area contributed by atoms with Crippen molar-refractivity contribution in [1.29, 1.82) is 0 Å². The van der Waals surface area contributed by atoms with Crippen molar-refractivity contribution in [1.82, 2.24) is 4.90 Å². The van der Waals surface area contributed by atoms with Crippen LogP contribution >= 0.6 is 0 Å². The number of hydrogen-bond donors (Lipinski definition) is 0. The first-order valence-electron chi connectivity index (χ1n) is 4.97. The third-order valence-corrected chi connectivity index (χ3v) is 3.48. The molecule has 2 aliphatic rings. The van der Waals surface area contributed by atoms with Crippen LogP contribution in [0.1, 0.15) is 19.3 Å². The zero-order valence-electron chi connectivity index (χ0n) is 8.53. The summed E-state index contributed by atoms with van der Waals surface area (Å²) in [6, 6.07) is 0.0775. The Bertz CT molecular complexity index is 277. The molecule has 2 rings (SSSR count). The number of methoxy groups -OCH3 is 1. The largest absolute Gasteiger partial charge is 0.469 e. The second kappa shape index (κ2) is 3.26. The number of likely N-dealkylation sites (tertiary alicyclic amines) is 1.